The van der Waals surface area contributed by atoms with Crippen LogP contribution >= 0.6 is 11.8 Å². The molecule has 0 fully saturated rings. The van der Waals surface area contributed by atoms with Crippen molar-refractivity contribution in [1.29, 1.82) is 0 Å². The second-order valence-corrected chi connectivity index (χ2v) is 4.94. The zero-order chi connectivity index (χ0) is 16.5. The van der Waals surface area contributed by atoms with Crippen LogP contribution in [0, 0.1) is 0 Å². The first kappa shape index (κ1) is 17.7. The quantitative estimate of drug-likeness (QED) is 0.342. The highest BCUT2D eigenvalue weighted by Gasteiger charge is 2.16. The Morgan fingerprint density at radius 2 is 1.91 bits per heavy atom. The summed E-state index contributed by atoms with van der Waals surface area (Å²) in [6.07, 6.45) is 1.69. The SMILES string of the molecule is C=CCS/C(N)=N/NC(=O)c1cc(OC)c(OC)c(OC)c1. The lowest BCUT2D eigenvalue weighted by Crippen LogP contribution is -2.22. The Hall–Kier alpha value is -2.35. The maximum Gasteiger partial charge on any atom is 0.271 e. The van der Waals surface area contributed by atoms with Crippen molar-refractivity contribution >= 4 is 22.8 Å². The van der Waals surface area contributed by atoms with Crippen molar-refractivity contribution < 1.29 is 19.0 Å². The Bertz CT molecular complexity index is 550. The van der Waals surface area contributed by atoms with E-state index < -0.39 is 5.91 Å². The Morgan fingerprint density at radius 1 is 1.32 bits per heavy atom. The topological polar surface area (TPSA) is 95.2 Å². The van der Waals surface area contributed by atoms with Crippen molar-refractivity contribution in [2.75, 3.05) is 27.1 Å². The molecule has 0 atom stereocenters. The number of carbonyl (C=O) groups excluding carboxylic acids is 1. The lowest BCUT2D eigenvalue weighted by Gasteiger charge is -2.13. The van der Waals surface area contributed by atoms with Crippen molar-refractivity contribution in [2.45, 2.75) is 0 Å². The first-order chi connectivity index (χ1) is 10.6. The van der Waals surface area contributed by atoms with Gasteiger partial charge in [0.1, 0.15) is 0 Å². The molecule has 0 aliphatic carbocycles. The van der Waals surface area contributed by atoms with Crippen LogP contribution in [-0.4, -0.2) is 38.2 Å². The van der Waals surface area contributed by atoms with Gasteiger partial charge in [0, 0.05) is 11.3 Å². The summed E-state index contributed by atoms with van der Waals surface area (Å²) in [7, 11) is 4.43. The lowest BCUT2D eigenvalue weighted by molar-refractivity contribution is 0.0954. The minimum atomic E-state index is -0.443. The van der Waals surface area contributed by atoms with E-state index in [2.05, 4.69) is 17.1 Å². The van der Waals surface area contributed by atoms with Crippen LogP contribution in [0.25, 0.3) is 0 Å². The minimum absolute atomic E-state index is 0.237. The first-order valence-electron chi connectivity index (χ1n) is 6.24. The Morgan fingerprint density at radius 3 is 2.36 bits per heavy atom. The Kier molecular flexibility index (Phi) is 7.11. The van der Waals surface area contributed by atoms with Crippen LogP contribution in [0.3, 0.4) is 0 Å². The van der Waals surface area contributed by atoms with E-state index in [9.17, 15) is 4.79 Å². The number of rotatable bonds is 7. The molecule has 3 N–H and O–H groups in total. The number of amidine groups is 1. The van der Waals surface area contributed by atoms with Gasteiger partial charge in [0.15, 0.2) is 16.7 Å². The van der Waals surface area contributed by atoms with Gasteiger partial charge in [0.25, 0.3) is 5.91 Å². The van der Waals surface area contributed by atoms with Gasteiger partial charge >= 0.3 is 0 Å². The monoisotopic (exact) mass is 325 g/mol. The number of nitrogens with two attached hydrogens (primary N) is 1. The highest BCUT2D eigenvalue weighted by molar-refractivity contribution is 8.13. The predicted octanol–water partition coefficient (Wildman–Crippen LogP) is 1.59. The van der Waals surface area contributed by atoms with Crippen LogP contribution in [0.4, 0.5) is 0 Å². The number of hydrogen-bond donors (Lipinski definition) is 2. The van der Waals surface area contributed by atoms with Crippen molar-refractivity contribution in [3.05, 3.63) is 30.4 Å². The van der Waals surface area contributed by atoms with Crippen molar-refractivity contribution in [2.24, 2.45) is 10.8 Å². The molecule has 0 spiro atoms. The van der Waals surface area contributed by atoms with Gasteiger partial charge in [-0.15, -0.1) is 11.7 Å². The van der Waals surface area contributed by atoms with Gasteiger partial charge in [0.05, 0.1) is 21.3 Å². The summed E-state index contributed by atoms with van der Waals surface area (Å²) in [5.41, 5.74) is 8.30. The zero-order valence-corrected chi connectivity index (χ0v) is 13.5. The maximum absolute atomic E-state index is 12.1. The normalized spacial score (nSPS) is 10.8. The van der Waals surface area contributed by atoms with Crippen LogP contribution < -0.4 is 25.4 Å². The number of nitrogens with one attached hydrogen (secondary N) is 1. The number of ether oxygens (including phenoxy) is 3. The second-order valence-electron chi connectivity index (χ2n) is 3.90. The first-order valence-corrected chi connectivity index (χ1v) is 7.23. The highest BCUT2D eigenvalue weighted by atomic mass is 32.2. The summed E-state index contributed by atoms with van der Waals surface area (Å²) in [6, 6.07) is 3.05. The molecule has 0 unspecified atom stereocenters. The van der Waals surface area contributed by atoms with Crippen molar-refractivity contribution in [1.82, 2.24) is 5.43 Å². The van der Waals surface area contributed by atoms with Crippen molar-refractivity contribution in [3.63, 3.8) is 0 Å². The van der Waals surface area contributed by atoms with E-state index in [0.717, 1.165) is 0 Å². The molecule has 0 saturated carbocycles. The van der Waals surface area contributed by atoms with Gasteiger partial charge in [0.2, 0.25) is 5.75 Å². The summed E-state index contributed by atoms with van der Waals surface area (Å²) in [6.45, 7) is 3.57. The van der Waals surface area contributed by atoms with Gasteiger partial charge in [-0.1, -0.05) is 17.8 Å². The highest BCUT2D eigenvalue weighted by Crippen LogP contribution is 2.38. The molecular formula is C14H19N3O4S. The molecule has 1 rings (SSSR count). The molecule has 0 saturated heterocycles. The summed E-state index contributed by atoms with van der Waals surface area (Å²) in [5, 5.41) is 4.03. The molecule has 1 aromatic carbocycles. The fourth-order valence-electron chi connectivity index (χ4n) is 1.56. The van der Waals surface area contributed by atoms with Gasteiger partial charge < -0.3 is 19.9 Å². The molecule has 0 heterocycles. The standard InChI is InChI=1S/C14H19N3O4S/c1-5-6-22-14(15)17-16-13(18)9-7-10(19-2)12(21-4)11(8-9)20-3/h5,7-8H,1,6H2,2-4H3,(H2,15,17)(H,16,18). The molecular weight excluding hydrogens is 306 g/mol. The van der Waals surface area contributed by atoms with E-state index in [4.69, 9.17) is 19.9 Å². The van der Waals surface area contributed by atoms with E-state index in [1.54, 1.807) is 6.08 Å². The van der Waals surface area contributed by atoms with Gasteiger partial charge in [-0.2, -0.15) is 0 Å². The molecule has 0 aliphatic heterocycles. The maximum atomic E-state index is 12.1. The number of thioether (sulfide) groups is 1. The van der Waals surface area contributed by atoms with Crippen LogP contribution in [0.2, 0.25) is 0 Å². The van der Waals surface area contributed by atoms with Crippen LogP contribution in [0.1, 0.15) is 10.4 Å². The van der Waals surface area contributed by atoms with E-state index in [1.807, 2.05) is 0 Å². The molecule has 7 nitrogen and oxygen atoms in total. The van der Waals surface area contributed by atoms with Crippen LogP contribution in [0.5, 0.6) is 17.2 Å². The number of amides is 1. The van der Waals surface area contributed by atoms with Gasteiger partial charge in [-0.25, -0.2) is 5.43 Å². The number of benzene rings is 1. The third kappa shape index (κ3) is 4.59. The molecule has 22 heavy (non-hydrogen) atoms. The molecule has 120 valence electrons. The summed E-state index contributed by atoms with van der Waals surface area (Å²) >= 11 is 1.26. The largest absolute Gasteiger partial charge is 0.493 e. The summed E-state index contributed by atoms with van der Waals surface area (Å²) in [4.78, 5) is 12.1. The number of nitrogens with zero attached hydrogens (tertiary/aromatic N) is 1. The fourth-order valence-corrected chi connectivity index (χ4v) is 1.96. The van der Waals surface area contributed by atoms with E-state index >= 15 is 0 Å². The van der Waals surface area contributed by atoms with Crippen LogP contribution in [0.15, 0.2) is 29.9 Å². The fraction of sp³-hybridized carbons (Fsp3) is 0.286. The minimum Gasteiger partial charge on any atom is -0.493 e. The third-order valence-corrected chi connectivity index (χ3v) is 3.33. The number of methoxy groups -OCH3 is 3. The molecule has 0 bridgehead atoms. The van der Waals surface area contributed by atoms with E-state index in [0.29, 0.717) is 28.6 Å². The second kappa shape index (κ2) is 8.83. The Labute approximate surface area is 133 Å². The van der Waals surface area contributed by atoms with Crippen LogP contribution in [-0.2, 0) is 0 Å². The van der Waals surface area contributed by atoms with Gasteiger partial charge in [-0.3, -0.25) is 4.79 Å². The number of hydrogen-bond acceptors (Lipinski definition) is 6. The van der Waals surface area contributed by atoms with E-state index in [-0.39, 0.29) is 5.17 Å². The van der Waals surface area contributed by atoms with Gasteiger partial charge in [-0.05, 0) is 12.1 Å². The predicted molar refractivity (Wildman–Crippen MR) is 87.8 cm³/mol. The molecule has 0 radical (unpaired) electrons. The van der Waals surface area contributed by atoms with E-state index in [1.165, 1.54) is 45.2 Å². The lowest BCUT2D eigenvalue weighted by atomic mass is 10.1. The zero-order valence-electron chi connectivity index (χ0n) is 12.7. The molecule has 0 aliphatic rings. The molecule has 1 amide bonds. The molecule has 1 aromatic rings. The summed E-state index contributed by atoms with van der Waals surface area (Å²) in [5.74, 6) is 1.33. The average molecular weight is 325 g/mol. The third-order valence-electron chi connectivity index (χ3n) is 2.54. The average Bonchev–Trinajstić information content (AvgIpc) is 2.55. The molecule has 8 heteroatoms. The number of carbonyl (C=O) groups is 1. The molecule has 0 aromatic heterocycles. The smallest absolute Gasteiger partial charge is 0.271 e. The number of hydrazone groups is 1. The Balaban J connectivity index is 2.96. The summed E-state index contributed by atoms with van der Waals surface area (Å²) < 4.78 is 15.6. The van der Waals surface area contributed by atoms with Crippen molar-refractivity contribution in [3.8, 4) is 17.2 Å².